The van der Waals surface area contributed by atoms with E-state index in [1.165, 1.54) is 19.0 Å². The summed E-state index contributed by atoms with van der Waals surface area (Å²) in [5.41, 5.74) is 7.65. The molecule has 0 saturated carbocycles. The number of Topliss-reactive ketones (excluding diaryl/α,β-unsaturated/α-hetero) is 2. The number of benzene rings is 1. The number of anilines is 1. The van der Waals surface area contributed by atoms with Gasteiger partial charge < -0.3 is 42.1 Å². The lowest BCUT2D eigenvalue weighted by Crippen LogP contribution is -2.79. The van der Waals surface area contributed by atoms with Crippen molar-refractivity contribution in [2.24, 2.45) is 22.8 Å². The number of ketones is 2. The second-order valence-corrected chi connectivity index (χ2v) is 13.1. The number of nitrogens with two attached hydrogens (primary N) is 2. The van der Waals surface area contributed by atoms with Crippen molar-refractivity contribution in [1.82, 2.24) is 10.2 Å². The number of aromatic hydroxyl groups is 1. The summed E-state index contributed by atoms with van der Waals surface area (Å²) in [6.07, 6.45) is -0.0605. The zero-order valence-electron chi connectivity index (χ0n) is 24.6. The van der Waals surface area contributed by atoms with Crippen LogP contribution >= 0.6 is 0 Å². The average Bonchev–Trinajstić information content (AvgIpc) is 2.81. The summed E-state index contributed by atoms with van der Waals surface area (Å²) in [6, 6.07) is 0.509. The predicted molar refractivity (Wildman–Crippen MR) is 153 cm³/mol. The Kier molecular flexibility index (Phi) is 7.31. The Labute approximate surface area is 239 Å². The number of fused-ring (bicyclic) bond motifs is 3. The monoisotopic (exact) mass is 571 g/mol. The van der Waals surface area contributed by atoms with E-state index in [1.807, 2.05) is 25.1 Å². The van der Waals surface area contributed by atoms with E-state index in [-0.39, 0.29) is 41.7 Å². The van der Waals surface area contributed by atoms with Gasteiger partial charge in [0.1, 0.15) is 22.8 Å². The van der Waals surface area contributed by atoms with Crippen LogP contribution in [0.2, 0.25) is 0 Å². The first-order valence-corrected chi connectivity index (χ1v) is 13.5. The minimum absolute atomic E-state index is 0.0241. The third-order valence-electron chi connectivity index (χ3n) is 8.42. The van der Waals surface area contributed by atoms with Gasteiger partial charge in [-0.1, -0.05) is 20.8 Å². The lowest BCUT2D eigenvalue weighted by atomic mass is 9.54. The number of aliphatic hydroxyl groups is 3. The highest BCUT2D eigenvalue weighted by Crippen LogP contribution is 2.54. The number of likely N-dealkylation sites (N-methyl/N-ethyl adjacent to an activating group) is 1. The first-order valence-electron chi connectivity index (χ1n) is 13.5. The van der Waals surface area contributed by atoms with Gasteiger partial charge >= 0.3 is 0 Å². The number of phenolic OH excluding ortho intramolecular Hbond substituents is 1. The Morgan fingerprint density at radius 2 is 1.76 bits per heavy atom. The van der Waals surface area contributed by atoms with Gasteiger partial charge in [0.15, 0.2) is 5.78 Å². The van der Waals surface area contributed by atoms with Crippen LogP contribution in [0.25, 0.3) is 0 Å². The van der Waals surface area contributed by atoms with Gasteiger partial charge in [-0.15, -0.1) is 0 Å². The maximum absolute atomic E-state index is 14.1. The molecule has 4 rings (SSSR count). The number of primary amides is 1. The van der Waals surface area contributed by atoms with E-state index in [1.54, 1.807) is 0 Å². The number of allylic oxidation sites excluding steroid dienone is 1. The molecule has 0 radical (unpaired) electrons. The Morgan fingerprint density at radius 3 is 2.27 bits per heavy atom. The summed E-state index contributed by atoms with van der Waals surface area (Å²) in [5, 5.41) is 49.1. The molecule has 4 atom stereocenters. The molecule has 3 aliphatic carbocycles. The summed E-state index contributed by atoms with van der Waals surface area (Å²) in [7, 11) is 6.68. The molecule has 1 amide bonds. The Bertz CT molecular complexity index is 1410. The van der Waals surface area contributed by atoms with Gasteiger partial charge in [0.2, 0.25) is 11.4 Å². The fourth-order valence-corrected chi connectivity index (χ4v) is 6.67. The van der Waals surface area contributed by atoms with Crippen LogP contribution < -0.4 is 21.7 Å². The SMILES string of the molecule is CN(C)c1cc(CNCC(C)(C)C)c(O)c2c1C[C@H]1C[C@@]3(N)[C@H](N(C)C)C(O)=C(C(N)=O)C(=O)[C@@]3(O)C(O)=C1C2=O. The van der Waals surface area contributed by atoms with E-state index < -0.39 is 57.7 Å². The number of nitrogens with one attached hydrogen (secondary N) is 1. The number of carbonyl (C=O) groups excluding carboxylic acids is 3. The molecule has 0 aliphatic heterocycles. The number of carbonyl (C=O) groups is 3. The largest absolute Gasteiger partial charge is 0.510 e. The average molecular weight is 572 g/mol. The second kappa shape index (κ2) is 9.83. The molecule has 0 unspecified atom stereocenters. The number of amides is 1. The van der Waals surface area contributed by atoms with Gasteiger partial charge in [-0.25, -0.2) is 0 Å². The lowest BCUT2D eigenvalue weighted by molar-refractivity contribution is -0.152. The number of aliphatic hydroxyl groups excluding tert-OH is 2. The number of phenols is 1. The van der Waals surface area contributed by atoms with Gasteiger partial charge in [-0.05, 0) is 49.9 Å². The molecule has 0 spiro atoms. The standard InChI is InChI=1S/C29H41N5O7/c1-27(2,3)12-32-11-14-9-16(33(4)5)15-8-13-10-28(31)23(34(6)7)22(37)19(26(30)40)25(39)29(28,41)24(38)17(13)21(36)18(15)20(14)35/h9,13,23,32,35,37-38,41H,8,10-12,31H2,1-7H3,(H2,30,40)/t13-,23+,28+,29-/m0/s1. The quantitative estimate of drug-likeness (QED) is 0.233. The van der Waals surface area contributed by atoms with E-state index >= 15 is 0 Å². The zero-order valence-corrected chi connectivity index (χ0v) is 24.6. The smallest absolute Gasteiger partial charge is 0.255 e. The van der Waals surface area contributed by atoms with Crippen molar-refractivity contribution in [2.45, 2.75) is 57.3 Å². The van der Waals surface area contributed by atoms with E-state index in [4.69, 9.17) is 11.5 Å². The van der Waals surface area contributed by atoms with Gasteiger partial charge in [0, 0.05) is 44.0 Å². The van der Waals surface area contributed by atoms with Crippen LogP contribution in [0.5, 0.6) is 5.75 Å². The summed E-state index contributed by atoms with van der Waals surface area (Å²) >= 11 is 0. The van der Waals surface area contributed by atoms with Crippen LogP contribution in [0.1, 0.15) is 48.7 Å². The van der Waals surface area contributed by atoms with Gasteiger partial charge in [-0.2, -0.15) is 0 Å². The third-order valence-corrected chi connectivity index (χ3v) is 8.42. The normalized spacial score (nSPS) is 28.0. The summed E-state index contributed by atoms with van der Waals surface area (Å²) in [4.78, 5) is 43.2. The number of nitrogens with zero attached hydrogens (tertiary/aromatic N) is 2. The minimum atomic E-state index is -2.94. The van der Waals surface area contributed by atoms with Crippen molar-refractivity contribution in [1.29, 1.82) is 0 Å². The van der Waals surface area contributed by atoms with Crippen LogP contribution in [-0.4, -0.2) is 94.7 Å². The van der Waals surface area contributed by atoms with Gasteiger partial charge in [-0.3, -0.25) is 19.3 Å². The summed E-state index contributed by atoms with van der Waals surface area (Å²) < 4.78 is 0. The van der Waals surface area contributed by atoms with E-state index in [0.29, 0.717) is 23.4 Å². The number of hydrogen-bond donors (Lipinski definition) is 7. The molecule has 12 heteroatoms. The van der Waals surface area contributed by atoms with E-state index in [2.05, 4.69) is 26.1 Å². The number of hydrogen-bond acceptors (Lipinski definition) is 11. The summed E-state index contributed by atoms with van der Waals surface area (Å²) in [6.45, 7) is 7.10. The molecular weight excluding hydrogens is 530 g/mol. The summed E-state index contributed by atoms with van der Waals surface area (Å²) in [5.74, 6) is -6.20. The van der Waals surface area contributed by atoms with Gasteiger partial charge in [0.25, 0.3) is 5.91 Å². The molecule has 0 heterocycles. The van der Waals surface area contributed by atoms with Crippen molar-refractivity contribution in [2.75, 3.05) is 39.6 Å². The first-order chi connectivity index (χ1) is 18.8. The predicted octanol–water partition coefficient (Wildman–Crippen LogP) is 0.404. The fraction of sp³-hybridized carbons (Fsp3) is 0.552. The minimum Gasteiger partial charge on any atom is -0.510 e. The molecule has 12 nitrogen and oxygen atoms in total. The zero-order chi connectivity index (χ0) is 31.0. The van der Waals surface area contributed by atoms with E-state index in [9.17, 15) is 34.8 Å². The molecule has 0 fully saturated rings. The molecule has 41 heavy (non-hydrogen) atoms. The first kappa shape index (κ1) is 30.5. The van der Waals surface area contributed by atoms with Crippen molar-refractivity contribution in [3.05, 3.63) is 45.4 Å². The van der Waals surface area contributed by atoms with Crippen LogP contribution in [0.4, 0.5) is 5.69 Å². The lowest BCUT2D eigenvalue weighted by Gasteiger charge is -2.56. The highest BCUT2D eigenvalue weighted by molar-refractivity contribution is 6.25. The molecule has 1 aromatic rings. The Hall–Kier alpha value is -3.45. The topological polar surface area (TPSA) is 203 Å². The fourth-order valence-electron chi connectivity index (χ4n) is 6.67. The Balaban J connectivity index is 1.94. The van der Waals surface area contributed by atoms with Crippen molar-refractivity contribution >= 4 is 23.2 Å². The van der Waals surface area contributed by atoms with Crippen molar-refractivity contribution < 1.29 is 34.8 Å². The van der Waals surface area contributed by atoms with Gasteiger partial charge in [0.05, 0.1) is 17.1 Å². The van der Waals surface area contributed by atoms with Crippen molar-refractivity contribution in [3.8, 4) is 5.75 Å². The van der Waals surface area contributed by atoms with Crippen LogP contribution in [0, 0.1) is 11.3 Å². The van der Waals surface area contributed by atoms with Crippen LogP contribution in [0.3, 0.4) is 0 Å². The molecule has 9 N–H and O–H groups in total. The number of rotatable bonds is 6. The molecule has 0 saturated heterocycles. The molecule has 0 bridgehead atoms. The van der Waals surface area contributed by atoms with Crippen molar-refractivity contribution in [3.63, 3.8) is 0 Å². The Morgan fingerprint density at radius 1 is 1.15 bits per heavy atom. The highest BCUT2D eigenvalue weighted by atomic mass is 16.4. The molecule has 1 aromatic carbocycles. The van der Waals surface area contributed by atoms with E-state index in [0.717, 1.165) is 0 Å². The third kappa shape index (κ3) is 4.40. The highest BCUT2D eigenvalue weighted by Gasteiger charge is 2.70. The van der Waals surface area contributed by atoms with Crippen LogP contribution in [-0.2, 0) is 22.6 Å². The molecular formula is C29H41N5O7. The maximum Gasteiger partial charge on any atom is 0.255 e. The maximum atomic E-state index is 14.1. The van der Waals surface area contributed by atoms with Crippen LogP contribution in [0.15, 0.2) is 28.7 Å². The molecule has 3 aliphatic rings. The molecule has 0 aromatic heterocycles. The molecule has 224 valence electrons. The second-order valence-electron chi connectivity index (χ2n) is 13.1.